The maximum Gasteiger partial charge on any atom is 0.256 e. The number of carbonyl (C=O) groups excluding carboxylic acids is 1. The molecular weight excluding hydrogens is 568 g/mol. The molecule has 0 heterocycles. The molecule has 3 aromatic rings. The molecule has 150 valence electrons. The van der Waals surface area contributed by atoms with Crippen LogP contribution in [0.1, 0.15) is 10.4 Å². The number of nitrogens with zero attached hydrogens (tertiary/aromatic N) is 1. The number of nitrogens with one attached hydrogen (secondary N) is 1. The van der Waals surface area contributed by atoms with Crippen molar-refractivity contribution in [2.45, 2.75) is 9.79 Å². The minimum Gasteiger partial charge on any atom is -0.312 e. The molecule has 1 N–H and O–H groups in total. The van der Waals surface area contributed by atoms with Crippen LogP contribution in [0.2, 0.25) is 5.02 Å². The molecule has 0 aromatic heterocycles. The van der Waals surface area contributed by atoms with Crippen molar-refractivity contribution in [3.63, 3.8) is 0 Å². The monoisotopic (exact) mass is 578 g/mol. The fraction of sp³-hybridized carbons (Fsp3) is 0. The number of thioether (sulfide) groups is 2. The minimum atomic E-state index is -0.367. The minimum absolute atomic E-state index is 0.191. The zero-order valence-electron chi connectivity index (χ0n) is 15.2. The van der Waals surface area contributed by atoms with E-state index in [1.165, 1.54) is 23.5 Å². The molecule has 0 atom stereocenters. The predicted octanol–water partition coefficient (Wildman–Crippen LogP) is 7.87. The van der Waals surface area contributed by atoms with Crippen LogP contribution in [-0.4, -0.2) is 5.91 Å². The molecule has 0 saturated carbocycles. The number of benzene rings is 3. The van der Waals surface area contributed by atoms with E-state index in [1.807, 2.05) is 48.5 Å². The second kappa shape index (κ2) is 11.1. The van der Waals surface area contributed by atoms with E-state index in [-0.39, 0.29) is 11.6 Å². The Bertz CT molecular complexity index is 1060. The summed E-state index contributed by atoms with van der Waals surface area (Å²) in [5.41, 5.74) is 0.615. The molecule has 3 aromatic carbocycles. The first-order valence-electron chi connectivity index (χ1n) is 8.53. The van der Waals surface area contributed by atoms with E-state index in [1.54, 1.807) is 24.3 Å². The number of carbonyl (C=O) groups is 1. The van der Waals surface area contributed by atoms with Crippen LogP contribution in [0.5, 0.6) is 0 Å². The fourth-order valence-corrected chi connectivity index (χ4v) is 5.02. The highest BCUT2D eigenvalue weighted by Gasteiger charge is 2.15. The molecule has 0 aliphatic rings. The van der Waals surface area contributed by atoms with Crippen LogP contribution in [-0.2, 0) is 0 Å². The van der Waals surface area contributed by atoms with Gasteiger partial charge in [-0.25, -0.2) is 0 Å². The molecule has 0 bridgehead atoms. The number of allylic oxidation sites excluding steroid dienone is 1. The molecule has 0 saturated heterocycles. The summed E-state index contributed by atoms with van der Waals surface area (Å²) in [6.07, 6.45) is 0. The molecule has 0 fully saturated rings. The van der Waals surface area contributed by atoms with Crippen LogP contribution in [0.25, 0.3) is 0 Å². The number of halogens is 3. The Morgan fingerprint density at radius 1 is 0.833 bits per heavy atom. The van der Waals surface area contributed by atoms with Gasteiger partial charge in [-0.1, -0.05) is 67.0 Å². The zero-order valence-corrected chi connectivity index (χ0v) is 20.8. The van der Waals surface area contributed by atoms with Gasteiger partial charge in [0.15, 0.2) is 0 Å². The maximum atomic E-state index is 12.7. The van der Waals surface area contributed by atoms with Crippen LogP contribution in [0, 0.1) is 11.3 Å². The van der Waals surface area contributed by atoms with Gasteiger partial charge >= 0.3 is 0 Å². The molecule has 1 amide bonds. The van der Waals surface area contributed by atoms with Crippen molar-refractivity contribution in [1.82, 2.24) is 5.32 Å². The van der Waals surface area contributed by atoms with Gasteiger partial charge in [0.05, 0.1) is 4.24 Å². The standard InChI is InChI=1S/C22H13Br2ClN2OS2/c23-15-3-9-18(10-4-15)29-22(30-19-11-5-16(24)6-12-19)20(13-26)27-21(28)14-1-7-17(25)8-2-14/h1-12H,(H,27,28). The first kappa shape index (κ1) is 23.0. The number of amides is 1. The third-order valence-electron chi connectivity index (χ3n) is 3.71. The van der Waals surface area contributed by atoms with E-state index < -0.39 is 0 Å². The zero-order chi connectivity index (χ0) is 21.5. The van der Waals surface area contributed by atoms with Crippen molar-refractivity contribution in [2.24, 2.45) is 0 Å². The van der Waals surface area contributed by atoms with E-state index in [2.05, 4.69) is 43.2 Å². The Labute approximate surface area is 205 Å². The van der Waals surface area contributed by atoms with E-state index in [9.17, 15) is 10.1 Å². The van der Waals surface area contributed by atoms with Crippen LogP contribution in [0.3, 0.4) is 0 Å². The molecule has 0 radical (unpaired) electrons. The molecule has 0 spiro atoms. The van der Waals surface area contributed by atoms with Crippen molar-refractivity contribution >= 4 is 72.9 Å². The molecule has 3 nitrogen and oxygen atoms in total. The van der Waals surface area contributed by atoms with Gasteiger partial charge in [-0.2, -0.15) is 5.26 Å². The summed E-state index contributed by atoms with van der Waals surface area (Å²) >= 11 is 15.6. The lowest BCUT2D eigenvalue weighted by Crippen LogP contribution is -2.22. The lowest BCUT2D eigenvalue weighted by Gasteiger charge is -2.12. The SMILES string of the molecule is N#CC(NC(=O)c1ccc(Cl)cc1)=C(Sc1ccc(Br)cc1)Sc1ccc(Br)cc1. The summed E-state index contributed by atoms with van der Waals surface area (Å²) in [5.74, 6) is -0.367. The van der Waals surface area contributed by atoms with Crippen molar-refractivity contribution in [2.75, 3.05) is 0 Å². The average Bonchev–Trinajstić information content (AvgIpc) is 2.75. The average molecular weight is 581 g/mol. The smallest absolute Gasteiger partial charge is 0.256 e. The van der Waals surface area contributed by atoms with E-state index in [4.69, 9.17) is 11.6 Å². The molecule has 0 aliphatic heterocycles. The lowest BCUT2D eigenvalue weighted by molar-refractivity contribution is 0.0967. The van der Waals surface area contributed by atoms with Crippen LogP contribution >= 0.6 is 67.0 Å². The number of hydrogen-bond acceptors (Lipinski definition) is 4. The molecule has 30 heavy (non-hydrogen) atoms. The van der Waals surface area contributed by atoms with E-state index in [0.717, 1.165) is 18.7 Å². The van der Waals surface area contributed by atoms with Crippen molar-refractivity contribution in [3.05, 3.63) is 102 Å². The Balaban J connectivity index is 1.92. The summed E-state index contributed by atoms with van der Waals surface area (Å²) in [6.45, 7) is 0. The van der Waals surface area contributed by atoms with Gasteiger partial charge in [-0.05, 0) is 72.8 Å². The maximum absolute atomic E-state index is 12.7. The van der Waals surface area contributed by atoms with E-state index in [0.29, 0.717) is 14.8 Å². The predicted molar refractivity (Wildman–Crippen MR) is 132 cm³/mol. The Morgan fingerprint density at radius 2 is 1.30 bits per heavy atom. The third kappa shape index (κ3) is 6.66. The van der Waals surface area contributed by atoms with Gasteiger partial charge in [0, 0.05) is 29.3 Å². The summed E-state index contributed by atoms with van der Waals surface area (Å²) in [7, 11) is 0. The fourth-order valence-electron chi connectivity index (χ4n) is 2.25. The topological polar surface area (TPSA) is 52.9 Å². The summed E-state index contributed by atoms with van der Waals surface area (Å²) in [4.78, 5) is 14.6. The quantitative estimate of drug-likeness (QED) is 0.238. The van der Waals surface area contributed by atoms with Gasteiger partial charge in [0.1, 0.15) is 11.8 Å². The van der Waals surface area contributed by atoms with Crippen molar-refractivity contribution in [1.29, 1.82) is 5.26 Å². The second-order valence-electron chi connectivity index (χ2n) is 5.85. The third-order valence-corrected chi connectivity index (χ3v) is 7.31. The van der Waals surface area contributed by atoms with Crippen molar-refractivity contribution in [3.8, 4) is 6.07 Å². The molecule has 0 aliphatic carbocycles. The van der Waals surface area contributed by atoms with Crippen molar-refractivity contribution < 1.29 is 4.79 Å². The van der Waals surface area contributed by atoms with Gasteiger partial charge in [-0.15, -0.1) is 0 Å². The molecule has 8 heteroatoms. The lowest BCUT2D eigenvalue weighted by atomic mass is 10.2. The largest absolute Gasteiger partial charge is 0.312 e. The van der Waals surface area contributed by atoms with E-state index >= 15 is 0 Å². The number of nitriles is 1. The van der Waals surface area contributed by atoms with Crippen LogP contribution in [0.15, 0.2) is 101 Å². The highest BCUT2D eigenvalue weighted by molar-refractivity contribution is 9.10. The molecular formula is C22H13Br2ClN2OS2. The first-order valence-corrected chi connectivity index (χ1v) is 12.1. The van der Waals surface area contributed by atoms with Gasteiger partial charge in [0.25, 0.3) is 5.91 Å². The summed E-state index contributed by atoms with van der Waals surface area (Å²) in [6, 6.07) is 24.2. The highest BCUT2D eigenvalue weighted by atomic mass is 79.9. The van der Waals surface area contributed by atoms with Gasteiger partial charge in [-0.3, -0.25) is 4.79 Å². The number of rotatable bonds is 6. The number of hydrogen-bond donors (Lipinski definition) is 1. The Hall–Kier alpha value is -1.69. The van der Waals surface area contributed by atoms with Crippen LogP contribution in [0.4, 0.5) is 0 Å². The highest BCUT2D eigenvalue weighted by Crippen LogP contribution is 2.41. The first-order chi connectivity index (χ1) is 14.4. The normalized spacial score (nSPS) is 10.2. The summed E-state index contributed by atoms with van der Waals surface area (Å²) < 4.78 is 2.61. The van der Waals surface area contributed by atoms with Crippen LogP contribution < -0.4 is 5.32 Å². The molecule has 3 rings (SSSR count). The Kier molecular flexibility index (Phi) is 8.49. The van der Waals surface area contributed by atoms with Gasteiger partial charge in [0.2, 0.25) is 0 Å². The van der Waals surface area contributed by atoms with Gasteiger partial charge < -0.3 is 5.32 Å². The second-order valence-corrected chi connectivity index (χ2v) is 10.5. The Morgan fingerprint density at radius 3 is 1.73 bits per heavy atom. The molecule has 0 unspecified atom stereocenters. The summed E-state index contributed by atoms with van der Waals surface area (Å²) in [5, 5.41) is 13.1.